The maximum atomic E-state index is 16.0. The fourth-order valence-electron chi connectivity index (χ4n) is 4.36. The lowest BCUT2D eigenvalue weighted by atomic mass is 10.0. The number of likely N-dealkylation sites (tertiary alicyclic amines) is 1. The van der Waals surface area contributed by atoms with Gasteiger partial charge in [-0.1, -0.05) is 0 Å². The predicted octanol–water partition coefficient (Wildman–Crippen LogP) is 4.05. The average Bonchev–Trinajstić information content (AvgIpc) is 2.90. The predicted molar refractivity (Wildman–Crippen MR) is 152 cm³/mol. The molecule has 0 amide bonds. The number of nitrogens with one attached hydrogen (secondary N) is 2. The number of esters is 2. The quantitative estimate of drug-likeness (QED) is 0.182. The summed E-state index contributed by atoms with van der Waals surface area (Å²) in [5.41, 5.74) is 6.55. The van der Waals surface area contributed by atoms with E-state index in [2.05, 4.69) is 5.32 Å². The molecule has 10 nitrogen and oxygen atoms in total. The van der Waals surface area contributed by atoms with Gasteiger partial charge < -0.3 is 30.0 Å². The van der Waals surface area contributed by atoms with Crippen molar-refractivity contribution in [1.82, 2.24) is 4.90 Å². The van der Waals surface area contributed by atoms with Gasteiger partial charge in [0.1, 0.15) is 17.7 Å². The molecular weight excluding hydrogens is 543 g/mol. The number of hydrogen-bond donors (Lipinski definition) is 3. The molecule has 3 rings (SSSR count). The molecular formula is C28H38ClFN4O6. The number of halogens is 2. The van der Waals surface area contributed by atoms with Gasteiger partial charge in [0, 0.05) is 29.4 Å². The van der Waals surface area contributed by atoms with Crippen LogP contribution in [0.1, 0.15) is 50.8 Å². The Bertz CT molecular complexity index is 1150. The second kappa shape index (κ2) is 15.9. The molecule has 1 saturated heterocycles. The molecule has 0 aromatic heterocycles. The van der Waals surface area contributed by atoms with E-state index in [0.717, 1.165) is 6.42 Å². The van der Waals surface area contributed by atoms with Gasteiger partial charge in [-0.25, -0.2) is 9.18 Å². The number of carbonyl (C=O) groups excluding carboxylic acids is 2. The third kappa shape index (κ3) is 8.99. The smallest absolute Gasteiger partial charge is 0.333 e. The van der Waals surface area contributed by atoms with Crippen molar-refractivity contribution in [2.75, 3.05) is 44.8 Å². The highest BCUT2D eigenvalue weighted by Crippen LogP contribution is 2.35. The highest BCUT2D eigenvalue weighted by atomic mass is 35.5. The number of piperidine rings is 1. The highest BCUT2D eigenvalue weighted by Gasteiger charge is 2.30. The van der Waals surface area contributed by atoms with Crippen LogP contribution in [0.25, 0.3) is 0 Å². The van der Waals surface area contributed by atoms with E-state index in [1.165, 1.54) is 12.1 Å². The second-order valence-corrected chi connectivity index (χ2v) is 9.00. The number of carbonyl (C=O) groups is 2. The summed E-state index contributed by atoms with van der Waals surface area (Å²) in [5.74, 6) is -1.51. The molecule has 1 aliphatic heterocycles. The van der Waals surface area contributed by atoms with E-state index in [4.69, 9.17) is 30.1 Å². The summed E-state index contributed by atoms with van der Waals surface area (Å²) < 4.78 is 38.1. The molecule has 2 aromatic carbocycles. The van der Waals surface area contributed by atoms with Crippen LogP contribution < -0.4 is 20.5 Å². The van der Waals surface area contributed by atoms with Crippen LogP contribution in [-0.2, 0) is 19.1 Å². The van der Waals surface area contributed by atoms with Crippen LogP contribution in [0.15, 0.2) is 36.4 Å². The number of nitrogen functional groups attached to an aromatic ring is 1. The van der Waals surface area contributed by atoms with Crippen molar-refractivity contribution in [3.05, 3.63) is 53.3 Å². The normalized spacial score (nSPS) is 15.8. The summed E-state index contributed by atoms with van der Waals surface area (Å²) in [6.45, 7) is 7.24. The summed E-state index contributed by atoms with van der Waals surface area (Å²) in [6, 6.07) is 8.26. The maximum Gasteiger partial charge on any atom is 0.333 e. The summed E-state index contributed by atoms with van der Waals surface area (Å²) >= 11 is 0. The molecule has 0 saturated carbocycles. The number of hydrogen-bond acceptors (Lipinski definition) is 9. The monoisotopic (exact) mass is 580 g/mol. The fraction of sp³-hybridized carbons (Fsp3) is 0.464. The van der Waals surface area contributed by atoms with Crippen molar-refractivity contribution in [1.29, 1.82) is 5.41 Å². The Morgan fingerprint density at radius 2 is 1.82 bits per heavy atom. The molecule has 0 bridgehead atoms. The Balaban J connectivity index is 0.00000560. The SMILES string of the molecule is CCOC(=O)CN1CCCC(Oc2cc(OCC)cc(C(Nc3ccc(C(=N)N)cc3)C(=O)OCC)c2F)C1.Cl. The van der Waals surface area contributed by atoms with Crippen molar-refractivity contribution in [2.45, 2.75) is 45.8 Å². The molecule has 1 heterocycles. The van der Waals surface area contributed by atoms with Crippen LogP contribution in [0.4, 0.5) is 10.1 Å². The lowest BCUT2D eigenvalue weighted by molar-refractivity contribution is -0.145. The van der Waals surface area contributed by atoms with Gasteiger partial charge >= 0.3 is 11.9 Å². The van der Waals surface area contributed by atoms with E-state index in [0.29, 0.717) is 49.7 Å². The van der Waals surface area contributed by atoms with Crippen LogP contribution in [-0.4, -0.2) is 68.2 Å². The largest absolute Gasteiger partial charge is 0.494 e. The van der Waals surface area contributed by atoms with Gasteiger partial charge in [-0.3, -0.25) is 15.1 Å². The molecule has 1 fully saturated rings. The van der Waals surface area contributed by atoms with Gasteiger partial charge in [0.25, 0.3) is 0 Å². The number of rotatable bonds is 13. The van der Waals surface area contributed by atoms with Crippen molar-refractivity contribution in [3.8, 4) is 11.5 Å². The lowest BCUT2D eigenvalue weighted by Gasteiger charge is -2.32. The third-order valence-electron chi connectivity index (χ3n) is 6.11. The minimum absolute atomic E-state index is 0. The fourth-order valence-corrected chi connectivity index (χ4v) is 4.36. The van der Waals surface area contributed by atoms with Crippen molar-refractivity contribution in [3.63, 3.8) is 0 Å². The van der Waals surface area contributed by atoms with E-state index in [1.807, 2.05) is 4.90 Å². The van der Waals surface area contributed by atoms with Gasteiger partial charge in [-0.05, 0) is 70.5 Å². The Kier molecular flexibility index (Phi) is 13.0. The number of ether oxygens (including phenoxy) is 4. The van der Waals surface area contributed by atoms with Crippen molar-refractivity contribution in [2.24, 2.45) is 5.73 Å². The second-order valence-electron chi connectivity index (χ2n) is 9.00. The molecule has 12 heteroatoms. The first kappa shape index (κ1) is 32.6. The molecule has 2 unspecified atom stereocenters. The highest BCUT2D eigenvalue weighted by molar-refractivity contribution is 5.95. The first-order valence-corrected chi connectivity index (χ1v) is 13.1. The maximum absolute atomic E-state index is 16.0. The molecule has 2 aromatic rings. The topological polar surface area (TPSA) is 136 Å². The van der Waals surface area contributed by atoms with Crippen LogP contribution in [0.2, 0.25) is 0 Å². The minimum Gasteiger partial charge on any atom is -0.494 e. The number of nitrogens with zero attached hydrogens (tertiary/aromatic N) is 1. The number of anilines is 1. The van der Waals surface area contributed by atoms with E-state index >= 15 is 4.39 Å². The molecule has 0 radical (unpaired) electrons. The molecule has 1 aliphatic rings. The minimum atomic E-state index is -1.21. The molecule has 0 spiro atoms. The molecule has 2 atom stereocenters. The molecule has 220 valence electrons. The molecule has 4 N–H and O–H groups in total. The molecule has 0 aliphatic carbocycles. The van der Waals surface area contributed by atoms with Crippen LogP contribution in [0.5, 0.6) is 11.5 Å². The summed E-state index contributed by atoms with van der Waals surface area (Å²) in [7, 11) is 0. The van der Waals surface area contributed by atoms with Gasteiger partial charge in [-0.15, -0.1) is 12.4 Å². The van der Waals surface area contributed by atoms with Gasteiger partial charge in [-0.2, -0.15) is 0 Å². The van der Waals surface area contributed by atoms with Gasteiger partial charge in [0.05, 0.1) is 26.4 Å². The number of nitrogens with two attached hydrogens (primary N) is 1. The first-order chi connectivity index (χ1) is 18.7. The van der Waals surface area contributed by atoms with Crippen LogP contribution in [0, 0.1) is 11.2 Å². The lowest BCUT2D eigenvalue weighted by Crippen LogP contribution is -2.43. The number of amidine groups is 1. The Hall–Kier alpha value is -3.57. The van der Waals surface area contributed by atoms with Crippen LogP contribution in [0.3, 0.4) is 0 Å². The summed E-state index contributed by atoms with van der Waals surface area (Å²) in [5, 5.41) is 10.6. The van der Waals surface area contributed by atoms with E-state index < -0.39 is 17.8 Å². The van der Waals surface area contributed by atoms with E-state index in [9.17, 15) is 9.59 Å². The van der Waals surface area contributed by atoms with Crippen LogP contribution >= 0.6 is 12.4 Å². The summed E-state index contributed by atoms with van der Waals surface area (Å²) in [6.07, 6.45) is 1.07. The third-order valence-corrected chi connectivity index (χ3v) is 6.11. The summed E-state index contributed by atoms with van der Waals surface area (Å²) in [4.78, 5) is 26.9. The Morgan fingerprint density at radius 1 is 1.12 bits per heavy atom. The van der Waals surface area contributed by atoms with E-state index in [1.54, 1.807) is 45.0 Å². The standard InChI is InChI=1S/C28H37FN4O6.ClH/c1-4-36-21-14-22(26(28(35)38-6-3)32-19-11-9-18(10-12-19)27(30)31)25(29)23(15-21)39-20-8-7-13-33(16-20)17-24(34)37-5-2;/h9-12,14-15,20,26,32H,4-8,13,16-17H2,1-3H3,(H3,30,31);1H. The average molecular weight is 581 g/mol. The number of benzene rings is 2. The van der Waals surface area contributed by atoms with Crippen molar-refractivity contribution >= 4 is 35.9 Å². The Labute approximate surface area is 240 Å². The van der Waals surface area contributed by atoms with Gasteiger partial charge in [0.15, 0.2) is 17.6 Å². The van der Waals surface area contributed by atoms with E-state index in [-0.39, 0.29) is 54.8 Å². The molecule has 40 heavy (non-hydrogen) atoms. The zero-order valence-corrected chi connectivity index (χ0v) is 23.9. The Morgan fingerprint density at radius 3 is 2.45 bits per heavy atom. The first-order valence-electron chi connectivity index (χ1n) is 13.1. The van der Waals surface area contributed by atoms with Gasteiger partial charge in [0.2, 0.25) is 0 Å². The zero-order chi connectivity index (χ0) is 28.4. The zero-order valence-electron chi connectivity index (χ0n) is 23.0. The van der Waals surface area contributed by atoms with Crippen molar-refractivity contribution < 1.29 is 32.9 Å².